The van der Waals surface area contributed by atoms with E-state index in [4.69, 9.17) is 21.1 Å². The zero-order chi connectivity index (χ0) is 12.6. The molecule has 5 heteroatoms. The Hall–Kier alpha value is -0.750. The summed E-state index contributed by atoms with van der Waals surface area (Å²) in [5, 5.41) is 0.668. The van der Waals surface area contributed by atoms with E-state index >= 15 is 0 Å². The van der Waals surface area contributed by atoms with Gasteiger partial charge in [-0.2, -0.15) is 0 Å². The second-order valence-corrected chi connectivity index (χ2v) is 5.63. The molecule has 1 saturated heterocycles. The van der Waals surface area contributed by atoms with Crippen LogP contribution in [-0.4, -0.2) is 11.8 Å². The average Bonchev–Trinajstić information content (AvgIpc) is 2.52. The molecule has 0 aromatic heterocycles. The van der Waals surface area contributed by atoms with Crippen LogP contribution in [0.1, 0.15) is 19.4 Å². The molecule has 1 aromatic carbocycles. The van der Waals surface area contributed by atoms with Gasteiger partial charge in [-0.05, 0) is 54.1 Å². The summed E-state index contributed by atoms with van der Waals surface area (Å²) in [5.41, 5.74) is 0.212. The highest BCUT2D eigenvalue weighted by Gasteiger charge is 2.41. The molecule has 1 aromatic rings. The van der Waals surface area contributed by atoms with Crippen molar-refractivity contribution in [2.75, 3.05) is 0 Å². The maximum atomic E-state index is 11.2. The largest absolute Gasteiger partial charge is 0.514 e. The van der Waals surface area contributed by atoms with Crippen LogP contribution in [0.25, 0.3) is 3.58 Å². The van der Waals surface area contributed by atoms with Crippen molar-refractivity contribution in [3.05, 3.63) is 40.6 Å². The third-order valence-corrected chi connectivity index (χ3v) is 3.73. The SMILES string of the molecule is CC1(C)OC(=O)O/C1=C(/I)c1ccc(Cl)cc1. The highest BCUT2D eigenvalue weighted by molar-refractivity contribution is 14.1. The fraction of sp³-hybridized carbons (Fsp3) is 0.250. The number of hydrogen-bond donors (Lipinski definition) is 0. The molecule has 1 heterocycles. The summed E-state index contributed by atoms with van der Waals surface area (Å²) in [6.45, 7) is 3.59. The molecule has 90 valence electrons. The Morgan fingerprint density at radius 1 is 1.29 bits per heavy atom. The number of carbonyl (C=O) groups is 1. The number of benzene rings is 1. The average molecular weight is 365 g/mol. The van der Waals surface area contributed by atoms with Crippen molar-refractivity contribution in [1.29, 1.82) is 0 Å². The predicted octanol–water partition coefficient (Wildman–Crippen LogP) is 4.39. The molecule has 0 atom stereocenters. The lowest BCUT2D eigenvalue weighted by Crippen LogP contribution is -2.20. The van der Waals surface area contributed by atoms with E-state index in [9.17, 15) is 4.79 Å². The first kappa shape index (κ1) is 12.7. The van der Waals surface area contributed by atoms with Crippen LogP contribution >= 0.6 is 34.2 Å². The maximum Gasteiger partial charge on any atom is 0.514 e. The van der Waals surface area contributed by atoms with E-state index in [1.807, 2.05) is 12.1 Å². The van der Waals surface area contributed by atoms with Gasteiger partial charge in [-0.25, -0.2) is 4.79 Å². The van der Waals surface area contributed by atoms with E-state index in [2.05, 4.69) is 22.6 Å². The summed E-state index contributed by atoms with van der Waals surface area (Å²) in [4.78, 5) is 11.2. The Kier molecular flexibility index (Phi) is 3.36. The first-order valence-electron chi connectivity index (χ1n) is 4.97. The van der Waals surface area contributed by atoms with Gasteiger partial charge >= 0.3 is 6.16 Å². The molecular formula is C12H10ClIO3. The smallest absolute Gasteiger partial charge is 0.420 e. The number of halogens is 2. The highest BCUT2D eigenvalue weighted by Crippen LogP contribution is 2.39. The molecule has 0 radical (unpaired) electrons. The number of carbonyl (C=O) groups excluding carboxylic acids is 1. The van der Waals surface area contributed by atoms with Crippen molar-refractivity contribution in [2.45, 2.75) is 19.4 Å². The van der Waals surface area contributed by atoms with Gasteiger partial charge in [0.15, 0.2) is 11.4 Å². The van der Waals surface area contributed by atoms with Gasteiger partial charge in [0.1, 0.15) is 0 Å². The molecule has 2 rings (SSSR count). The van der Waals surface area contributed by atoms with Crippen LogP contribution in [0.15, 0.2) is 30.0 Å². The van der Waals surface area contributed by atoms with Crippen LogP contribution in [0, 0.1) is 0 Å². The minimum Gasteiger partial charge on any atom is -0.420 e. The molecule has 0 bridgehead atoms. The number of ether oxygens (including phenoxy) is 2. The predicted molar refractivity (Wildman–Crippen MR) is 74.0 cm³/mol. The van der Waals surface area contributed by atoms with Crippen LogP contribution < -0.4 is 0 Å². The van der Waals surface area contributed by atoms with Gasteiger partial charge in [0.25, 0.3) is 0 Å². The lowest BCUT2D eigenvalue weighted by molar-refractivity contribution is 0.0873. The molecule has 3 nitrogen and oxygen atoms in total. The van der Waals surface area contributed by atoms with E-state index in [1.54, 1.807) is 26.0 Å². The van der Waals surface area contributed by atoms with E-state index in [0.29, 0.717) is 10.8 Å². The minimum absolute atomic E-state index is 0.533. The normalized spacial score (nSPS) is 20.8. The zero-order valence-electron chi connectivity index (χ0n) is 9.29. The number of cyclic esters (lactones) is 2. The summed E-state index contributed by atoms with van der Waals surface area (Å²) in [6.07, 6.45) is -0.659. The molecule has 1 fully saturated rings. The molecule has 0 amide bonds. The second-order valence-electron chi connectivity index (χ2n) is 4.11. The summed E-state index contributed by atoms with van der Waals surface area (Å²) < 4.78 is 11.0. The van der Waals surface area contributed by atoms with Gasteiger partial charge in [-0.15, -0.1) is 0 Å². The first-order chi connectivity index (χ1) is 7.90. The van der Waals surface area contributed by atoms with Crippen molar-refractivity contribution in [3.8, 4) is 0 Å². The highest BCUT2D eigenvalue weighted by atomic mass is 127. The van der Waals surface area contributed by atoms with E-state index in [1.165, 1.54) is 0 Å². The zero-order valence-corrected chi connectivity index (χ0v) is 12.2. The molecule has 0 spiro atoms. The topological polar surface area (TPSA) is 35.5 Å². The Balaban J connectivity index is 2.45. The fourth-order valence-electron chi connectivity index (χ4n) is 1.52. The molecule has 1 aliphatic heterocycles. The quantitative estimate of drug-likeness (QED) is 0.548. The Labute approximate surface area is 118 Å². The van der Waals surface area contributed by atoms with Crippen molar-refractivity contribution in [3.63, 3.8) is 0 Å². The Morgan fingerprint density at radius 3 is 2.35 bits per heavy atom. The molecular weight excluding hydrogens is 354 g/mol. The van der Waals surface area contributed by atoms with Gasteiger partial charge in [0.05, 0.1) is 3.58 Å². The van der Waals surface area contributed by atoms with Crippen LogP contribution in [0.2, 0.25) is 5.02 Å². The van der Waals surface area contributed by atoms with Gasteiger partial charge in [-0.1, -0.05) is 23.7 Å². The molecule has 1 aliphatic rings. The molecule has 0 aliphatic carbocycles. The summed E-state index contributed by atoms with van der Waals surface area (Å²) >= 11 is 7.96. The summed E-state index contributed by atoms with van der Waals surface area (Å²) in [7, 11) is 0. The van der Waals surface area contributed by atoms with Crippen LogP contribution in [0.3, 0.4) is 0 Å². The first-order valence-corrected chi connectivity index (χ1v) is 6.43. The Morgan fingerprint density at radius 2 is 1.88 bits per heavy atom. The van der Waals surface area contributed by atoms with E-state index < -0.39 is 11.8 Å². The Bertz CT molecular complexity index is 491. The van der Waals surface area contributed by atoms with E-state index in [-0.39, 0.29) is 0 Å². The van der Waals surface area contributed by atoms with Crippen molar-refractivity contribution in [2.24, 2.45) is 0 Å². The standard InChI is InChI=1S/C12H10ClIO3/c1-12(2)10(16-11(15)17-12)9(14)7-3-5-8(13)6-4-7/h3-6H,1-2H3/b10-9+. The van der Waals surface area contributed by atoms with Crippen LogP contribution in [0.5, 0.6) is 0 Å². The van der Waals surface area contributed by atoms with Gasteiger partial charge in [0, 0.05) is 5.02 Å². The fourth-order valence-corrected chi connectivity index (χ4v) is 2.76. The molecule has 0 N–H and O–H groups in total. The van der Waals surface area contributed by atoms with Crippen LogP contribution in [0.4, 0.5) is 4.79 Å². The van der Waals surface area contributed by atoms with Crippen LogP contribution in [-0.2, 0) is 9.47 Å². The van der Waals surface area contributed by atoms with Gasteiger partial charge in [-0.3, -0.25) is 0 Å². The lowest BCUT2D eigenvalue weighted by atomic mass is 10.0. The molecule has 0 unspecified atom stereocenters. The van der Waals surface area contributed by atoms with Crippen molar-refractivity contribution < 1.29 is 14.3 Å². The molecule has 0 saturated carbocycles. The maximum absolute atomic E-state index is 11.2. The van der Waals surface area contributed by atoms with Crippen molar-refractivity contribution in [1.82, 2.24) is 0 Å². The minimum atomic E-state index is -0.729. The third-order valence-electron chi connectivity index (χ3n) is 2.37. The second kappa shape index (κ2) is 4.49. The summed E-state index contributed by atoms with van der Waals surface area (Å²) in [6, 6.07) is 7.33. The van der Waals surface area contributed by atoms with Crippen molar-refractivity contribution >= 4 is 43.9 Å². The van der Waals surface area contributed by atoms with Gasteiger partial charge in [0.2, 0.25) is 0 Å². The summed E-state index contributed by atoms with van der Waals surface area (Å²) in [5.74, 6) is 0.533. The monoisotopic (exact) mass is 364 g/mol. The number of rotatable bonds is 1. The third kappa shape index (κ3) is 2.57. The van der Waals surface area contributed by atoms with Gasteiger partial charge < -0.3 is 9.47 Å². The molecule has 17 heavy (non-hydrogen) atoms. The number of hydrogen-bond acceptors (Lipinski definition) is 3. The van der Waals surface area contributed by atoms with E-state index in [0.717, 1.165) is 9.14 Å². The lowest BCUT2D eigenvalue weighted by Gasteiger charge is -2.15.